The lowest BCUT2D eigenvalue weighted by atomic mass is 10.1. The summed E-state index contributed by atoms with van der Waals surface area (Å²) >= 11 is 0. The molecule has 0 amide bonds. The minimum absolute atomic E-state index is 1.11. The molecule has 0 nitrogen and oxygen atoms in total. The summed E-state index contributed by atoms with van der Waals surface area (Å²) in [6, 6.07) is 0. The van der Waals surface area contributed by atoms with Crippen molar-refractivity contribution in [3.8, 4) is 0 Å². The van der Waals surface area contributed by atoms with Gasteiger partial charge in [-0.1, -0.05) is 63.0 Å². The Bertz CT molecular complexity index is 210. The summed E-state index contributed by atoms with van der Waals surface area (Å²) in [4.78, 5) is 0. The van der Waals surface area contributed by atoms with Crippen molar-refractivity contribution in [1.82, 2.24) is 0 Å². The van der Waals surface area contributed by atoms with Crippen LogP contribution in [-0.2, 0) is 0 Å². The molecule has 104 valence electrons. The van der Waals surface area contributed by atoms with E-state index in [0.29, 0.717) is 0 Å². The van der Waals surface area contributed by atoms with Crippen molar-refractivity contribution in [2.75, 3.05) is 0 Å². The summed E-state index contributed by atoms with van der Waals surface area (Å²) in [5.41, 5.74) is 0. The average Bonchev–Trinajstić information content (AvgIpc) is 2.39. The Kier molecular flexibility index (Phi) is 15.5. The lowest BCUT2D eigenvalue weighted by Crippen LogP contribution is -1.74. The van der Waals surface area contributed by atoms with E-state index in [1.807, 2.05) is 6.08 Å². The lowest BCUT2D eigenvalue weighted by Gasteiger charge is -1.94. The zero-order valence-electron chi connectivity index (χ0n) is 12.4. The van der Waals surface area contributed by atoms with Crippen LogP contribution < -0.4 is 0 Å². The van der Waals surface area contributed by atoms with Gasteiger partial charge in [0.05, 0.1) is 0 Å². The summed E-state index contributed by atoms with van der Waals surface area (Å²) < 4.78 is 0. The monoisotopic (exact) mass is 248 g/mol. The fourth-order valence-corrected chi connectivity index (χ4v) is 1.92. The van der Waals surface area contributed by atoms with Crippen LogP contribution in [0.5, 0.6) is 0 Å². The summed E-state index contributed by atoms with van der Waals surface area (Å²) in [5, 5.41) is 0. The Balaban J connectivity index is 3.16. The predicted molar refractivity (Wildman–Crippen MR) is 84.9 cm³/mol. The molecule has 0 heterocycles. The normalized spacial score (nSPS) is 11.6. The van der Waals surface area contributed by atoms with Crippen LogP contribution in [0, 0.1) is 0 Å². The molecule has 0 fully saturated rings. The van der Waals surface area contributed by atoms with Crippen LogP contribution in [0.4, 0.5) is 0 Å². The van der Waals surface area contributed by atoms with Crippen LogP contribution in [0.1, 0.15) is 77.6 Å². The third-order valence-electron chi connectivity index (χ3n) is 3.11. The van der Waals surface area contributed by atoms with Crippen molar-refractivity contribution in [2.24, 2.45) is 0 Å². The zero-order valence-corrected chi connectivity index (χ0v) is 12.4. The largest absolute Gasteiger partial charge is 0.103 e. The van der Waals surface area contributed by atoms with Gasteiger partial charge in [0.15, 0.2) is 0 Å². The Labute approximate surface area is 115 Å². The number of hydrogen-bond acceptors (Lipinski definition) is 0. The molecule has 0 bridgehead atoms. The van der Waals surface area contributed by atoms with Crippen molar-refractivity contribution in [3.05, 3.63) is 37.0 Å². The SMILES string of the molecule is C=CCCCCCC=CCC=CCCCCCC. The third-order valence-corrected chi connectivity index (χ3v) is 3.11. The van der Waals surface area contributed by atoms with Crippen molar-refractivity contribution in [3.63, 3.8) is 0 Å². The van der Waals surface area contributed by atoms with Gasteiger partial charge in [-0.2, -0.15) is 0 Å². The molecule has 0 atom stereocenters. The van der Waals surface area contributed by atoms with E-state index in [4.69, 9.17) is 0 Å². The predicted octanol–water partition coefficient (Wildman–Crippen LogP) is 6.60. The van der Waals surface area contributed by atoms with Gasteiger partial charge < -0.3 is 0 Å². The summed E-state index contributed by atoms with van der Waals surface area (Å²) in [6.07, 6.45) is 25.5. The minimum Gasteiger partial charge on any atom is -0.103 e. The second-order valence-corrected chi connectivity index (χ2v) is 4.95. The first kappa shape index (κ1) is 17.2. The third kappa shape index (κ3) is 15.2. The molecule has 0 heteroatoms. The first-order chi connectivity index (χ1) is 8.91. The van der Waals surface area contributed by atoms with Gasteiger partial charge in [-0.15, -0.1) is 6.58 Å². The van der Waals surface area contributed by atoms with Gasteiger partial charge in [0.1, 0.15) is 0 Å². The molecular weight excluding hydrogens is 216 g/mol. The molecule has 0 aliphatic rings. The molecule has 0 aliphatic carbocycles. The molecule has 0 spiro atoms. The Morgan fingerprint density at radius 3 is 1.78 bits per heavy atom. The van der Waals surface area contributed by atoms with Crippen LogP contribution >= 0.6 is 0 Å². The van der Waals surface area contributed by atoms with Gasteiger partial charge in [-0.25, -0.2) is 0 Å². The van der Waals surface area contributed by atoms with E-state index in [1.54, 1.807) is 0 Å². The zero-order chi connectivity index (χ0) is 13.3. The second-order valence-electron chi connectivity index (χ2n) is 4.95. The van der Waals surface area contributed by atoms with Gasteiger partial charge in [-0.3, -0.25) is 0 Å². The van der Waals surface area contributed by atoms with Crippen molar-refractivity contribution >= 4 is 0 Å². The van der Waals surface area contributed by atoms with Gasteiger partial charge in [0.25, 0.3) is 0 Å². The van der Waals surface area contributed by atoms with Gasteiger partial charge >= 0.3 is 0 Å². The number of unbranched alkanes of at least 4 members (excludes halogenated alkanes) is 8. The highest BCUT2D eigenvalue weighted by atomic mass is 13.9. The molecule has 0 aromatic carbocycles. The standard InChI is InChI=1S/C18H32/c1-3-5-7-9-11-13-15-17-18-16-14-12-10-8-6-4-2/h3,14-17H,1,4-13,18H2,2H3. The van der Waals surface area contributed by atoms with E-state index in [0.717, 1.165) is 6.42 Å². The maximum absolute atomic E-state index is 3.74. The molecule has 0 saturated carbocycles. The molecule has 0 aromatic heterocycles. The Hall–Kier alpha value is -0.780. The molecule has 0 saturated heterocycles. The van der Waals surface area contributed by atoms with Crippen LogP contribution in [0.15, 0.2) is 37.0 Å². The van der Waals surface area contributed by atoms with E-state index >= 15 is 0 Å². The van der Waals surface area contributed by atoms with Gasteiger partial charge in [-0.05, 0) is 44.9 Å². The molecular formula is C18H32. The minimum atomic E-state index is 1.11. The van der Waals surface area contributed by atoms with E-state index in [9.17, 15) is 0 Å². The molecule has 0 N–H and O–H groups in total. The smallest absolute Gasteiger partial charge is 0.0169 e. The van der Waals surface area contributed by atoms with E-state index in [2.05, 4.69) is 37.8 Å². The highest BCUT2D eigenvalue weighted by molar-refractivity contribution is 4.92. The molecule has 0 radical (unpaired) electrons. The summed E-state index contributed by atoms with van der Waals surface area (Å²) in [5.74, 6) is 0. The average molecular weight is 248 g/mol. The molecule has 0 aliphatic heterocycles. The first-order valence-electron chi connectivity index (χ1n) is 7.82. The van der Waals surface area contributed by atoms with Crippen LogP contribution in [0.2, 0.25) is 0 Å². The van der Waals surface area contributed by atoms with Gasteiger partial charge in [0, 0.05) is 0 Å². The first-order valence-corrected chi connectivity index (χ1v) is 7.82. The van der Waals surface area contributed by atoms with E-state index in [-0.39, 0.29) is 0 Å². The highest BCUT2D eigenvalue weighted by Gasteiger charge is 1.85. The number of hydrogen-bond donors (Lipinski definition) is 0. The van der Waals surface area contributed by atoms with Crippen LogP contribution in [0.25, 0.3) is 0 Å². The van der Waals surface area contributed by atoms with E-state index < -0.39 is 0 Å². The van der Waals surface area contributed by atoms with E-state index in [1.165, 1.54) is 64.2 Å². The molecule has 0 aromatic rings. The quantitative estimate of drug-likeness (QED) is 0.254. The summed E-state index contributed by atoms with van der Waals surface area (Å²) in [6.45, 7) is 6.00. The molecule has 0 rings (SSSR count). The number of allylic oxidation sites excluding steroid dienone is 5. The van der Waals surface area contributed by atoms with Crippen molar-refractivity contribution < 1.29 is 0 Å². The van der Waals surface area contributed by atoms with Crippen LogP contribution in [-0.4, -0.2) is 0 Å². The fraction of sp³-hybridized carbons (Fsp3) is 0.667. The highest BCUT2D eigenvalue weighted by Crippen LogP contribution is 2.05. The summed E-state index contributed by atoms with van der Waals surface area (Å²) in [7, 11) is 0. The van der Waals surface area contributed by atoms with Crippen molar-refractivity contribution in [1.29, 1.82) is 0 Å². The molecule has 18 heavy (non-hydrogen) atoms. The Morgan fingerprint density at radius 2 is 1.22 bits per heavy atom. The van der Waals surface area contributed by atoms with Crippen LogP contribution in [0.3, 0.4) is 0 Å². The maximum Gasteiger partial charge on any atom is -0.0169 e. The maximum atomic E-state index is 3.74. The van der Waals surface area contributed by atoms with Gasteiger partial charge in [0.2, 0.25) is 0 Å². The number of rotatable bonds is 13. The second kappa shape index (κ2) is 16.2. The lowest BCUT2D eigenvalue weighted by molar-refractivity contribution is 0.674. The Morgan fingerprint density at radius 1 is 0.667 bits per heavy atom. The topological polar surface area (TPSA) is 0 Å². The van der Waals surface area contributed by atoms with Crippen molar-refractivity contribution in [2.45, 2.75) is 77.6 Å². The fourth-order valence-electron chi connectivity index (χ4n) is 1.92. The molecule has 0 unspecified atom stereocenters.